The molecule has 1 aromatic carbocycles. The summed E-state index contributed by atoms with van der Waals surface area (Å²) >= 11 is 3.42. The van der Waals surface area contributed by atoms with Crippen LogP contribution in [0.2, 0.25) is 0 Å². The van der Waals surface area contributed by atoms with E-state index in [0.717, 1.165) is 26.8 Å². The van der Waals surface area contributed by atoms with Crippen LogP contribution in [0.3, 0.4) is 0 Å². The van der Waals surface area contributed by atoms with Crippen LogP contribution >= 0.6 is 15.9 Å². The zero-order valence-electron chi connectivity index (χ0n) is 10.8. The molecule has 0 unspecified atom stereocenters. The van der Waals surface area contributed by atoms with Crippen molar-refractivity contribution in [1.29, 1.82) is 0 Å². The Morgan fingerprint density at radius 1 is 1.20 bits per heavy atom. The molecule has 0 atom stereocenters. The van der Waals surface area contributed by atoms with Crippen LogP contribution in [0.4, 0.5) is 17.5 Å². The van der Waals surface area contributed by atoms with E-state index in [-0.39, 0.29) is 5.95 Å². The number of hydrogen-bond acceptors (Lipinski definition) is 5. The van der Waals surface area contributed by atoms with Gasteiger partial charge in [-0.25, -0.2) is 4.98 Å². The Labute approximate surface area is 124 Å². The lowest BCUT2D eigenvalue weighted by atomic mass is 10.2. The number of para-hydroxylation sites is 1. The predicted octanol–water partition coefficient (Wildman–Crippen LogP) is 3.42. The zero-order chi connectivity index (χ0) is 14.1. The molecule has 6 heteroatoms. The number of nitrogens with two attached hydrogens (primary N) is 1. The molecular weight excluding hydrogens is 318 g/mol. The van der Waals surface area contributed by atoms with E-state index in [9.17, 15) is 0 Å². The quantitative estimate of drug-likeness (QED) is 0.753. The number of nitrogens with zero attached hydrogens (tertiary/aromatic N) is 3. The summed E-state index contributed by atoms with van der Waals surface area (Å²) in [5.41, 5.74) is 8.24. The number of rotatable bonds is 2. The first-order valence-corrected chi connectivity index (χ1v) is 6.83. The van der Waals surface area contributed by atoms with Crippen molar-refractivity contribution in [1.82, 2.24) is 15.0 Å². The summed E-state index contributed by atoms with van der Waals surface area (Å²) in [4.78, 5) is 12.7. The van der Waals surface area contributed by atoms with Gasteiger partial charge < -0.3 is 11.1 Å². The number of hydrogen-bond donors (Lipinski definition) is 2. The van der Waals surface area contributed by atoms with E-state index in [1.807, 2.05) is 37.3 Å². The van der Waals surface area contributed by atoms with E-state index in [1.165, 1.54) is 0 Å². The Morgan fingerprint density at radius 2 is 2.05 bits per heavy atom. The SMILES string of the molecule is Cc1cc(Nc2cccc3cc(Br)cnc23)nc(N)n1. The zero-order valence-corrected chi connectivity index (χ0v) is 12.3. The molecule has 0 bridgehead atoms. The van der Waals surface area contributed by atoms with Gasteiger partial charge in [-0.15, -0.1) is 0 Å². The van der Waals surface area contributed by atoms with Gasteiger partial charge in [0, 0.05) is 27.8 Å². The van der Waals surface area contributed by atoms with Crippen LogP contribution in [0.15, 0.2) is 41.0 Å². The summed E-state index contributed by atoms with van der Waals surface area (Å²) in [7, 11) is 0. The van der Waals surface area contributed by atoms with E-state index in [0.29, 0.717) is 5.82 Å². The number of pyridine rings is 1. The minimum Gasteiger partial charge on any atom is -0.368 e. The maximum Gasteiger partial charge on any atom is 0.222 e. The van der Waals surface area contributed by atoms with Crippen molar-refractivity contribution < 1.29 is 0 Å². The molecule has 2 aromatic heterocycles. The molecular formula is C14H12BrN5. The number of aromatic nitrogens is 3. The summed E-state index contributed by atoms with van der Waals surface area (Å²) in [5.74, 6) is 0.913. The van der Waals surface area contributed by atoms with Crippen molar-refractivity contribution in [3.05, 3.63) is 46.7 Å². The first-order valence-electron chi connectivity index (χ1n) is 6.04. The van der Waals surface area contributed by atoms with Crippen LogP contribution in [-0.4, -0.2) is 15.0 Å². The molecule has 3 N–H and O–H groups in total. The summed E-state index contributed by atoms with van der Waals surface area (Å²) < 4.78 is 0.948. The summed E-state index contributed by atoms with van der Waals surface area (Å²) in [6, 6.07) is 9.80. The Kier molecular flexibility index (Phi) is 3.23. The molecule has 0 saturated heterocycles. The number of aryl methyl sites for hydroxylation is 1. The summed E-state index contributed by atoms with van der Waals surface area (Å²) in [6.45, 7) is 1.88. The van der Waals surface area contributed by atoms with Gasteiger partial charge in [-0.1, -0.05) is 12.1 Å². The first-order chi connectivity index (χ1) is 9.61. The highest BCUT2D eigenvalue weighted by Gasteiger charge is 2.05. The lowest BCUT2D eigenvalue weighted by Gasteiger charge is -2.09. The fourth-order valence-electron chi connectivity index (χ4n) is 2.03. The third kappa shape index (κ3) is 2.55. The summed E-state index contributed by atoms with van der Waals surface area (Å²) in [5, 5.41) is 4.28. The van der Waals surface area contributed by atoms with E-state index < -0.39 is 0 Å². The Morgan fingerprint density at radius 3 is 2.85 bits per heavy atom. The van der Waals surface area contributed by atoms with Crippen LogP contribution in [0.1, 0.15) is 5.69 Å². The second-order valence-electron chi connectivity index (χ2n) is 4.41. The Hall–Kier alpha value is -2.21. The van der Waals surface area contributed by atoms with Crippen molar-refractivity contribution in [2.75, 3.05) is 11.1 Å². The minimum atomic E-state index is 0.253. The van der Waals surface area contributed by atoms with E-state index >= 15 is 0 Å². The van der Waals surface area contributed by atoms with Crippen molar-refractivity contribution in [2.45, 2.75) is 6.92 Å². The molecule has 0 aliphatic heterocycles. The third-order valence-corrected chi connectivity index (χ3v) is 3.25. The molecule has 0 spiro atoms. The highest BCUT2D eigenvalue weighted by molar-refractivity contribution is 9.10. The topological polar surface area (TPSA) is 76.7 Å². The molecule has 3 aromatic rings. The summed E-state index contributed by atoms with van der Waals surface area (Å²) in [6.07, 6.45) is 1.77. The monoisotopic (exact) mass is 329 g/mol. The molecule has 0 aliphatic rings. The van der Waals surface area contributed by atoms with Crippen molar-refractivity contribution in [3.63, 3.8) is 0 Å². The van der Waals surface area contributed by atoms with Crippen LogP contribution in [0, 0.1) is 6.92 Å². The third-order valence-electron chi connectivity index (χ3n) is 2.81. The maximum absolute atomic E-state index is 5.66. The molecule has 0 saturated carbocycles. The van der Waals surface area contributed by atoms with Crippen molar-refractivity contribution in [2.24, 2.45) is 0 Å². The smallest absolute Gasteiger partial charge is 0.222 e. The number of benzene rings is 1. The molecule has 20 heavy (non-hydrogen) atoms. The fourth-order valence-corrected chi connectivity index (χ4v) is 2.38. The van der Waals surface area contributed by atoms with E-state index in [4.69, 9.17) is 5.73 Å². The second-order valence-corrected chi connectivity index (χ2v) is 5.32. The van der Waals surface area contributed by atoms with Crippen LogP contribution in [0.25, 0.3) is 10.9 Å². The molecule has 3 rings (SSSR count). The van der Waals surface area contributed by atoms with Crippen LogP contribution in [-0.2, 0) is 0 Å². The molecule has 5 nitrogen and oxygen atoms in total. The molecule has 2 heterocycles. The average molecular weight is 330 g/mol. The second kappa shape index (κ2) is 5.05. The number of nitrogen functional groups attached to an aromatic ring is 1. The van der Waals surface area contributed by atoms with Crippen LogP contribution < -0.4 is 11.1 Å². The van der Waals surface area contributed by atoms with Gasteiger partial charge in [0.1, 0.15) is 5.82 Å². The van der Waals surface area contributed by atoms with Gasteiger partial charge in [-0.05, 0) is 35.0 Å². The van der Waals surface area contributed by atoms with Gasteiger partial charge >= 0.3 is 0 Å². The minimum absolute atomic E-state index is 0.253. The molecule has 0 radical (unpaired) electrons. The van der Waals surface area contributed by atoms with Gasteiger partial charge in [0.05, 0.1) is 11.2 Å². The first kappa shape index (κ1) is 12.8. The number of anilines is 3. The van der Waals surface area contributed by atoms with Crippen molar-refractivity contribution in [3.8, 4) is 0 Å². The maximum atomic E-state index is 5.66. The van der Waals surface area contributed by atoms with E-state index in [2.05, 4.69) is 36.2 Å². The van der Waals surface area contributed by atoms with Gasteiger partial charge in [-0.2, -0.15) is 4.98 Å². The fraction of sp³-hybridized carbons (Fsp3) is 0.0714. The van der Waals surface area contributed by atoms with Gasteiger partial charge in [0.2, 0.25) is 5.95 Å². The molecule has 0 amide bonds. The van der Waals surface area contributed by atoms with Gasteiger partial charge in [0.15, 0.2) is 0 Å². The lowest BCUT2D eigenvalue weighted by molar-refractivity contribution is 1.12. The van der Waals surface area contributed by atoms with E-state index in [1.54, 1.807) is 6.20 Å². The Balaban J connectivity index is 2.06. The van der Waals surface area contributed by atoms with Crippen LogP contribution in [0.5, 0.6) is 0 Å². The largest absolute Gasteiger partial charge is 0.368 e. The highest BCUT2D eigenvalue weighted by Crippen LogP contribution is 2.26. The number of fused-ring (bicyclic) bond motifs is 1. The normalized spacial score (nSPS) is 10.7. The lowest BCUT2D eigenvalue weighted by Crippen LogP contribution is -2.01. The predicted molar refractivity (Wildman–Crippen MR) is 83.9 cm³/mol. The Bertz CT molecular complexity index is 767. The molecule has 0 fully saturated rings. The molecule has 0 aliphatic carbocycles. The van der Waals surface area contributed by atoms with Gasteiger partial charge in [0.25, 0.3) is 0 Å². The van der Waals surface area contributed by atoms with Crippen molar-refractivity contribution >= 4 is 44.3 Å². The number of halogens is 1. The average Bonchev–Trinajstić information content (AvgIpc) is 2.37. The molecule has 100 valence electrons. The van der Waals surface area contributed by atoms with Gasteiger partial charge in [-0.3, -0.25) is 4.98 Å². The highest BCUT2D eigenvalue weighted by atomic mass is 79.9. The number of nitrogens with one attached hydrogen (secondary N) is 1. The standard InChI is InChI=1S/C14H12BrN5/c1-8-5-12(20-14(16)18-8)19-11-4-2-3-9-6-10(15)7-17-13(9)11/h2-7H,1H3,(H3,16,18,19,20).